The molecule has 2 aromatic rings. The Bertz CT molecular complexity index is 944. The number of nitrogens with one attached hydrogen (secondary N) is 1. The van der Waals surface area contributed by atoms with E-state index >= 15 is 0 Å². The standard InChI is InChI=1S/C21H25N3O2S/c1-16-12-17(2)21(18(3)13-16)27(25,26)24-10-8-23(9-11-24)15-20-6-4-19(14-22)5-7-20/h4-7,12-13H,8-11,15H2,1-3H3/p+1. The molecule has 0 atom stereocenters. The van der Waals surface area contributed by atoms with E-state index in [0.717, 1.165) is 36.3 Å². The summed E-state index contributed by atoms with van der Waals surface area (Å²) in [5.41, 5.74) is 4.55. The second-order valence-electron chi connectivity index (χ2n) is 7.37. The Morgan fingerprint density at radius 3 is 2.11 bits per heavy atom. The number of benzene rings is 2. The van der Waals surface area contributed by atoms with Gasteiger partial charge >= 0.3 is 0 Å². The lowest BCUT2D eigenvalue weighted by Crippen LogP contribution is -3.13. The smallest absolute Gasteiger partial charge is 0.244 e. The molecule has 1 saturated heterocycles. The average molecular weight is 385 g/mol. The van der Waals surface area contributed by atoms with Crippen LogP contribution in [0.15, 0.2) is 41.3 Å². The number of hydrogen-bond acceptors (Lipinski definition) is 3. The molecule has 142 valence electrons. The predicted molar refractivity (Wildman–Crippen MR) is 105 cm³/mol. The molecule has 1 aliphatic rings. The first-order valence-corrected chi connectivity index (χ1v) is 10.7. The van der Waals surface area contributed by atoms with Crippen molar-refractivity contribution >= 4 is 10.0 Å². The molecule has 1 heterocycles. The highest BCUT2D eigenvalue weighted by molar-refractivity contribution is 7.89. The molecule has 0 amide bonds. The highest BCUT2D eigenvalue weighted by Gasteiger charge is 2.32. The summed E-state index contributed by atoms with van der Waals surface area (Å²) in [6.45, 7) is 9.20. The number of rotatable bonds is 4. The Labute approximate surface area is 161 Å². The molecule has 0 aromatic heterocycles. The molecule has 0 spiro atoms. The third kappa shape index (κ3) is 4.22. The number of aryl methyl sites for hydroxylation is 3. The van der Waals surface area contributed by atoms with Crippen LogP contribution in [-0.4, -0.2) is 38.9 Å². The molecule has 1 fully saturated rings. The van der Waals surface area contributed by atoms with Crippen molar-refractivity contribution in [3.63, 3.8) is 0 Å². The van der Waals surface area contributed by atoms with Crippen LogP contribution in [0.1, 0.15) is 27.8 Å². The van der Waals surface area contributed by atoms with Crippen molar-refractivity contribution in [1.29, 1.82) is 5.26 Å². The molecule has 1 aliphatic heterocycles. The maximum Gasteiger partial charge on any atom is 0.244 e. The summed E-state index contributed by atoms with van der Waals surface area (Å²) in [5.74, 6) is 0. The molecule has 1 N–H and O–H groups in total. The molecule has 0 radical (unpaired) electrons. The van der Waals surface area contributed by atoms with Gasteiger partial charge in [0.2, 0.25) is 10.0 Å². The maximum atomic E-state index is 13.2. The summed E-state index contributed by atoms with van der Waals surface area (Å²) < 4.78 is 27.9. The van der Waals surface area contributed by atoms with Gasteiger partial charge in [0.25, 0.3) is 0 Å². The average Bonchev–Trinajstić information content (AvgIpc) is 2.61. The number of quaternary nitrogens is 1. The molecule has 6 heteroatoms. The summed E-state index contributed by atoms with van der Waals surface area (Å²) in [6, 6.07) is 13.6. The van der Waals surface area contributed by atoms with Gasteiger partial charge in [-0.1, -0.05) is 29.8 Å². The van der Waals surface area contributed by atoms with Crippen molar-refractivity contribution in [3.8, 4) is 6.07 Å². The summed E-state index contributed by atoms with van der Waals surface area (Å²) in [4.78, 5) is 1.83. The first kappa shape index (κ1) is 19.6. The fourth-order valence-corrected chi connectivity index (χ4v) is 5.76. The van der Waals surface area contributed by atoms with Crippen molar-refractivity contribution in [3.05, 3.63) is 64.2 Å². The van der Waals surface area contributed by atoms with Crippen LogP contribution in [0, 0.1) is 32.1 Å². The van der Waals surface area contributed by atoms with Gasteiger partial charge in [-0.25, -0.2) is 8.42 Å². The highest BCUT2D eigenvalue weighted by Crippen LogP contribution is 2.25. The SMILES string of the molecule is Cc1cc(C)c(S(=O)(=O)N2CC[NH+](Cc3ccc(C#N)cc3)CC2)c(C)c1. The van der Waals surface area contributed by atoms with E-state index < -0.39 is 10.0 Å². The molecule has 2 aromatic carbocycles. The van der Waals surface area contributed by atoms with E-state index in [1.165, 1.54) is 10.5 Å². The number of sulfonamides is 1. The molecule has 0 unspecified atom stereocenters. The first-order valence-electron chi connectivity index (χ1n) is 9.22. The number of nitriles is 1. The number of hydrogen-bond donors (Lipinski definition) is 1. The van der Waals surface area contributed by atoms with E-state index in [-0.39, 0.29) is 0 Å². The Kier molecular flexibility index (Phi) is 5.66. The van der Waals surface area contributed by atoms with Crippen molar-refractivity contribution in [2.45, 2.75) is 32.2 Å². The van der Waals surface area contributed by atoms with Crippen LogP contribution < -0.4 is 4.90 Å². The minimum atomic E-state index is -3.46. The summed E-state index contributed by atoms with van der Waals surface area (Å²) >= 11 is 0. The van der Waals surface area contributed by atoms with Crippen molar-refractivity contribution in [2.24, 2.45) is 0 Å². The van der Waals surface area contributed by atoms with Gasteiger partial charge in [-0.05, 0) is 44.0 Å². The molecule has 0 saturated carbocycles. The van der Waals surface area contributed by atoms with Gasteiger partial charge < -0.3 is 4.90 Å². The van der Waals surface area contributed by atoms with Gasteiger partial charge in [0.05, 0.1) is 42.7 Å². The second-order valence-corrected chi connectivity index (χ2v) is 9.24. The predicted octanol–water partition coefficient (Wildman–Crippen LogP) is 1.57. The Morgan fingerprint density at radius 1 is 1.04 bits per heavy atom. The van der Waals surface area contributed by atoms with Crippen LogP contribution in [0.2, 0.25) is 0 Å². The Morgan fingerprint density at radius 2 is 1.59 bits per heavy atom. The third-order valence-electron chi connectivity index (χ3n) is 5.17. The zero-order valence-corrected chi connectivity index (χ0v) is 16.9. The quantitative estimate of drug-likeness (QED) is 0.870. The topological polar surface area (TPSA) is 65.6 Å². The van der Waals surface area contributed by atoms with E-state index in [9.17, 15) is 8.42 Å². The Balaban J connectivity index is 1.69. The maximum absolute atomic E-state index is 13.2. The molecule has 27 heavy (non-hydrogen) atoms. The minimum absolute atomic E-state index is 0.462. The van der Waals surface area contributed by atoms with E-state index in [1.54, 1.807) is 4.31 Å². The second kappa shape index (κ2) is 7.81. The van der Waals surface area contributed by atoms with Gasteiger partial charge in [-0.3, -0.25) is 0 Å². The lowest BCUT2D eigenvalue weighted by Gasteiger charge is -2.32. The molecule has 0 bridgehead atoms. The number of nitrogens with zero attached hydrogens (tertiary/aromatic N) is 2. The largest absolute Gasteiger partial charge is 0.329 e. The Hall–Kier alpha value is -2.20. The van der Waals surface area contributed by atoms with Crippen LogP contribution in [0.4, 0.5) is 0 Å². The number of piperazine rings is 1. The normalized spacial score (nSPS) is 16.2. The van der Waals surface area contributed by atoms with Crippen molar-refractivity contribution in [2.75, 3.05) is 26.2 Å². The molecule has 3 rings (SSSR count). The van der Waals surface area contributed by atoms with Gasteiger partial charge in [-0.2, -0.15) is 9.57 Å². The van der Waals surface area contributed by atoms with Gasteiger partial charge in [-0.15, -0.1) is 0 Å². The van der Waals surface area contributed by atoms with Crippen molar-refractivity contribution in [1.82, 2.24) is 4.31 Å². The summed E-state index contributed by atoms with van der Waals surface area (Å²) in [7, 11) is -3.46. The lowest BCUT2D eigenvalue weighted by atomic mass is 10.1. The fraction of sp³-hybridized carbons (Fsp3) is 0.381. The van der Waals surface area contributed by atoms with Crippen LogP contribution in [-0.2, 0) is 16.6 Å². The van der Waals surface area contributed by atoms with Gasteiger partial charge in [0.15, 0.2) is 0 Å². The zero-order chi connectivity index (χ0) is 19.6. The van der Waals surface area contributed by atoms with Crippen LogP contribution in [0.25, 0.3) is 0 Å². The lowest BCUT2D eigenvalue weighted by molar-refractivity contribution is -0.917. The molecular formula is C21H26N3O2S+. The van der Waals surface area contributed by atoms with Crippen LogP contribution in [0.3, 0.4) is 0 Å². The highest BCUT2D eigenvalue weighted by atomic mass is 32.2. The van der Waals surface area contributed by atoms with Gasteiger partial charge in [0, 0.05) is 5.56 Å². The monoisotopic (exact) mass is 384 g/mol. The van der Waals surface area contributed by atoms with Gasteiger partial charge in [0.1, 0.15) is 6.54 Å². The van der Waals surface area contributed by atoms with E-state index in [4.69, 9.17) is 5.26 Å². The summed E-state index contributed by atoms with van der Waals surface area (Å²) in [6.07, 6.45) is 0. The van der Waals surface area contributed by atoms with Crippen LogP contribution in [0.5, 0.6) is 0 Å². The summed E-state index contributed by atoms with van der Waals surface area (Å²) in [5, 5.41) is 8.89. The third-order valence-corrected chi connectivity index (χ3v) is 7.37. The first-order chi connectivity index (χ1) is 12.8. The molecule has 5 nitrogen and oxygen atoms in total. The molecule has 0 aliphatic carbocycles. The van der Waals surface area contributed by atoms with E-state index in [2.05, 4.69) is 6.07 Å². The van der Waals surface area contributed by atoms with E-state index in [1.807, 2.05) is 57.2 Å². The van der Waals surface area contributed by atoms with E-state index in [0.29, 0.717) is 23.5 Å². The van der Waals surface area contributed by atoms with Crippen molar-refractivity contribution < 1.29 is 13.3 Å². The minimum Gasteiger partial charge on any atom is -0.329 e. The zero-order valence-electron chi connectivity index (χ0n) is 16.1. The van der Waals surface area contributed by atoms with Crippen LogP contribution >= 0.6 is 0 Å². The molecular weight excluding hydrogens is 358 g/mol. The fourth-order valence-electron chi connectivity index (χ4n) is 3.91.